The zero-order valence-corrected chi connectivity index (χ0v) is 33.2. The molecule has 1 unspecified atom stereocenters. The molecule has 5 aromatic rings. The summed E-state index contributed by atoms with van der Waals surface area (Å²) in [6, 6.07) is 41.8. The van der Waals surface area contributed by atoms with Gasteiger partial charge in [0.15, 0.2) is 0 Å². The molecule has 5 aromatic carbocycles. The molecule has 2 aliphatic rings. The van der Waals surface area contributed by atoms with E-state index < -0.39 is 32.7 Å². The van der Waals surface area contributed by atoms with Crippen LogP contribution in [0.2, 0.25) is 3.67 Å². The fraction of sp³-hybridized carbons (Fsp3) is 0.239. The second kappa shape index (κ2) is 13.0. The van der Waals surface area contributed by atoms with Gasteiger partial charge in [0.1, 0.15) is 0 Å². The van der Waals surface area contributed by atoms with Crippen molar-refractivity contribution in [1.82, 2.24) is 0 Å². The van der Waals surface area contributed by atoms with Crippen LogP contribution in [0.15, 0.2) is 140 Å². The van der Waals surface area contributed by atoms with Gasteiger partial charge in [-0.15, -0.1) is 0 Å². The van der Waals surface area contributed by atoms with E-state index >= 15 is 0 Å². The maximum absolute atomic E-state index is 13.7. The van der Waals surface area contributed by atoms with Crippen molar-refractivity contribution in [3.05, 3.63) is 184 Å². The predicted molar refractivity (Wildman–Crippen MR) is 200 cm³/mol. The topological polar surface area (TPSA) is 0 Å². The zero-order chi connectivity index (χ0) is 35.4. The molecule has 0 radical (unpaired) electrons. The molecule has 0 spiro atoms. The molecule has 0 amide bonds. The minimum atomic E-state index is -4.38. The summed E-state index contributed by atoms with van der Waals surface area (Å²) in [5, 5.41) is 0. The Labute approximate surface area is 302 Å². The van der Waals surface area contributed by atoms with E-state index in [1.54, 1.807) is 12.1 Å². The first-order valence-corrected chi connectivity index (χ1v) is 23.4. The summed E-state index contributed by atoms with van der Waals surface area (Å²) in [4.78, 5) is 0. The van der Waals surface area contributed by atoms with Gasteiger partial charge in [0.2, 0.25) is 0 Å². The van der Waals surface area contributed by atoms with Crippen molar-refractivity contribution in [2.75, 3.05) is 0 Å². The van der Waals surface area contributed by atoms with Gasteiger partial charge in [0, 0.05) is 0 Å². The molecule has 252 valence electrons. The molecular weight excluding hydrogens is 788 g/mol. The Morgan fingerprint density at radius 1 is 0.560 bits per heavy atom. The van der Waals surface area contributed by atoms with E-state index in [0.29, 0.717) is 0 Å². The van der Waals surface area contributed by atoms with Crippen LogP contribution in [0.4, 0.5) is 13.2 Å². The van der Waals surface area contributed by atoms with Crippen LogP contribution in [0, 0.1) is 0 Å². The Morgan fingerprint density at radius 3 is 1.46 bits per heavy atom. The fourth-order valence-corrected chi connectivity index (χ4v) is 22.0. The van der Waals surface area contributed by atoms with Crippen LogP contribution in [-0.2, 0) is 38.0 Å². The van der Waals surface area contributed by atoms with Gasteiger partial charge in [-0.1, -0.05) is 0 Å². The molecule has 50 heavy (non-hydrogen) atoms. The summed E-state index contributed by atoms with van der Waals surface area (Å²) in [6.45, 7) is 13.7. The van der Waals surface area contributed by atoms with Gasteiger partial charge in [-0.05, 0) is 0 Å². The SMILES string of the molecule is CC(C)(C)c1ccc2c(c1)[CH]([Hf](=[C](c1ccccc1)c1ccccc1)[CH]1C=CC=C1c1ccc(C(F)(F)F)cc1)c1cc(C(C)(C)C)ccc1-2. The normalized spacial score (nSPS) is 15.9. The number of hydrogen-bond donors (Lipinski definition) is 0. The number of hydrogen-bond acceptors (Lipinski definition) is 0. The van der Waals surface area contributed by atoms with Gasteiger partial charge in [-0.2, -0.15) is 0 Å². The molecule has 0 aromatic heterocycles. The number of benzene rings is 5. The zero-order valence-electron chi connectivity index (χ0n) is 29.6. The number of fused-ring (bicyclic) bond motifs is 3. The Kier molecular flexibility index (Phi) is 9.00. The molecule has 4 heteroatoms. The van der Waals surface area contributed by atoms with E-state index in [-0.39, 0.29) is 18.2 Å². The molecule has 0 bridgehead atoms. The summed E-state index contributed by atoms with van der Waals surface area (Å²) in [5.41, 5.74) is 11.8. The van der Waals surface area contributed by atoms with E-state index in [9.17, 15) is 13.2 Å². The van der Waals surface area contributed by atoms with E-state index in [0.717, 1.165) is 11.1 Å². The van der Waals surface area contributed by atoms with Crippen LogP contribution in [0.3, 0.4) is 0 Å². The van der Waals surface area contributed by atoms with Gasteiger partial charge in [-0.25, -0.2) is 0 Å². The van der Waals surface area contributed by atoms with E-state index in [4.69, 9.17) is 0 Å². The van der Waals surface area contributed by atoms with Crippen LogP contribution in [-0.4, -0.2) is 3.26 Å². The van der Waals surface area contributed by atoms with Gasteiger partial charge < -0.3 is 0 Å². The Morgan fingerprint density at radius 2 is 1.02 bits per heavy atom. The first-order valence-electron chi connectivity index (χ1n) is 17.4. The number of halogens is 3. The summed E-state index contributed by atoms with van der Waals surface area (Å²) in [6.07, 6.45) is 2.28. The van der Waals surface area contributed by atoms with Crippen LogP contribution in [0.1, 0.15) is 89.7 Å². The third-order valence-corrected chi connectivity index (χ3v) is 23.1. The van der Waals surface area contributed by atoms with Crippen molar-refractivity contribution in [2.24, 2.45) is 0 Å². The number of allylic oxidation sites excluding steroid dienone is 4. The number of alkyl halides is 3. The van der Waals surface area contributed by atoms with Crippen LogP contribution in [0.25, 0.3) is 16.7 Å². The van der Waals surface area contributed by atoms with Crippen LogP contribution < -0.4 is 0 Å². The van der Waals surface area contributed by atoms with E-state index in [1.807, 2.05) is 0 Å². The average molecular weight is 831 g/mol. The quantitative estimate of drug-likeness (QED) is 0.155. The van der Waals surface area contributed by atoms with Crippen molar-refractivity contribution < 1.29 is 34.1 Å². The van der Waals surface area contributed by atoms with Gasteiger partial charge >= 0.3 is 304 Å². The van der Waals surface area contributed by atoms with Gasteiger partial charge in [0.05, 0.1) is 0 Å². The first kappa shape index (κ1) is 34.6. The van der Waals surface area contributed by atoms with Crippen molar-refractivity contribution in [3.8, 4) is 11.1 Å². The Bertz CT molecular complexity index is 2030. The summed E-state index contributed by atoms with van der Waals surface area (Å²) < 4.78 is 42.8. The Balaban J connectivity index is 1.57. The third kappa shape index (κ3) is 6.52. The third-order valence-electron chi connectivity index (χ3n) is 10.3. The summed E-state index contributed by atoms with van der Waals surface area (Å²) >= 11 is -3.43. The van der Waals surface area contributed by atoms with Crippen molar-refractivity contribution in [1.29, 1.82) is 0 Å². The molecule has 0 N–H and O–H groups in total. The molecule has 0 nitrogen and oxygen atoms in total. The van der Waals surface area contributed by atoms with Gasteiger partial charge in [0.25, 0.3) is 0 Å². The van der Waals surface area contributed by atoms with E-state index in [1.165, 1.54) is 59.9 Å². The molecular formula is C46H43F3Hf. The summed E-state index contributed by atoms with van der Waals surface area (Å²) in [5.74, 6) is 0. The molecule has 0 saturated heterocycles. The monoisotopic (exact) mass is 832 g/mol. The molecule has 7 rings (SSSR count). The molecule has 0 aliphatic heterocycles. The second-order valence-corrected chi connectivity index (χ2v) is 25.0. The van der Waals surface area contributed by atoms with Crippen molar-refractivity contribution in [3.63, 3.8) is 0 Å². The average Bonchev–Trinajstić information content (AvgIpc) is 3.69. The molecule has 1 atom stereocenters. The van der Waals surface area contributed by atoms with E-state index in [2.05, 4.69) is 157 Å². The first-order chi connectivity index (χ1) is 23.7. The van der Waals surface area contributed by atoms with Crippen LogP contribution in [0.5, 0.6) is 0 Å². The molecule has 0 fully saturated rings. The second-order valence-electron chi connectivity index (χ2n) is 15.7. The fourth-order valence-electron chi connectivity index (χ4n) is 7.59. The maximum atomic E-state index is 13.7. The molecule has 2 aliphatic carbocycles. The predicted octanol–water partition coefficient (Wildman–Crippen LogP) is 12.7. The van der Waals surface area contributed by atoms with Crippen LogP contribution >= 0.6 is 0 Å². The molecule has 0 saturated carbocycles. The van der Waals surface area contributed by atoms with Crippen molar-refractivity contribution in [2.45, 2.75) is 65.9 Å². The molecule has 0 heterocycles. The van der Waals surface area contributed by atoms with Crippen molar-refractivity contribution >= 4 is 8.83 Å². The number of rotatable bonds is 5. The standard InChI is InChI=1S/C21H25.C13H10.C12H8F3.Hf/c1-20(2,3)16-7-9-18-14(12-16)11-15-13-17(21(4,5)6)8-10-19(15)18;1-3-7-12(8-4-1)11-13-9-5-2-6-10-13;13-12(14,15)11-7-5-10(6-8-11)9-3-1-2-4-9;/h7-13H,1-6H3;1-10H;1-8H;. The minimum absolute atomic E-state index is 0.0275. The Hall–Kier alpha value is -3.89. The van der Waals surface area contributed by atoms with Gasteiger partial charge in [-0.3, -0.25) is 0 Å². The summed E-state index contributed by atoms with van der Waals surface area (Å²) in [7, 11) is 0.